The summed E-state index contributed by atoms with van der Waals surface area (Å²) < 4.78 is 2.50. The lowest BCUT2D eigenvalue weighted by molar-refractivity contribution is -0.127. The molecule has 11 heteroatoms. The summed E-state index contributed by atoms with van der Waals surface area (Å²) in [4.78, 5) is 21.6. The first-order chi connectivity index (χ1) is 16.0. The number of carbonyl (C=O) groups excluding carboxylic acids is 1. The summed E-state index contributed by atoms with van der Waals surface area (Å²) in [5, 5.41) is 22.1. The van der Waals surface area contributed by atoms with E-state index in [2.05, 4.69) is 46.8 Å². The third-order valence-electron chi connectivity index (χ3n) is 6.58. The van der Waals surface area contributed by atoms with Gasteiger partial charge in [-0.3, -0.25) is 4.79 Å². The Kier molecular flexibility index (Phi) is 4.91. The summed E-state index contributed by atoms with van der Waals surface area (Å²) in [6.45, 7) is 2.72. The first-order valence-electron chi connectivity index (χ1n) is 10.9. The number of nitrogens with zero attached hydrogens (tertiary/aromatic N) is 6. The molecule has 1 amide bonds. The van der Waals surface area contributed by atoms with Crippen LogP contribution in [0.2, 0.25) is 0 Å². The smallest absolute Gasteiger partial charge is 0.226 e. The van der Waals surface area contributed by atoms with Gasteiger partial charge in [0.05, 0.1) is 16.5 Å². The highest BCUT2D eigenvalue weighted by Gasteiger charge is 2.47. The van der Waals surface area contributed by atoms with Gasteiger partial charge in [-0.05, 0) is 72.8 Å². The van der Waals surface area contributed by atoms with E-state index in [4.69, 9.17) is 4.98 Å². The number of hydrogen-bond acceptors (Lipinski definition) is 8. The van der Waals surface area contributed by atoms with Gasteiger partial charge < -0.3 is 10.6 Å². The summed E-state index contributed by atoms with van der Waals surface area (Å²) >= 11 is 5.10. The molecule has 2 aliphatic rings. The molecule has 1 saturated heterocycles. The van der Waals surface area contributed by atoms with Crippen LogP contribution in [0.25, 0.3) is 27.3 Å². The quantitative estimate of drug-likeness (QED) is 0.416. The average molecular weight is 525 g/mol. The van der Waals surface area contributed by atoms with Crippen molar-refractivity contribution in [2.24, 2.45) is 5.41 Å². The van der Waals surface area contributed by atoms with E-state index in [0.29, 0.717) is 16.2 Å². The van der Waals surface area contributed by atoms with Crippen molar-refractivity contribution in [2.45, 2.75) is 38.6 Å². The predicted molar refractivity (Wildman–Crippen MR) is 129 cm³/mol. The van der Waals surface area contributed by atoms with E-state index in [-0.39, 0.29) is 17.4 Å². The number of aryl methyl sites for hydroxylation is 1. The fourth-order valence-electron chi connectivity index (χ4n) is 4.86. The summed E-state index contributed by atoms with van der Waals surface area (Å²) in [6.07, 6.45) is 5.35. The Morgan fingerprint density at radius 1 is 1.24 bits per heavy atom. The molecule has 33 heavy (non-hydrogen) atoms. The zero-order valence-electron chi connectivity index (χ0n) is 17.9. The molecule has 2 fully saturated rings. The van der Waals surface area contributed by atoms with E-state index in [1.165, 1.54) is 0 Å². The van der Waals surface area contributed by atoms with E-state index in [1.807, 2.05) is 35.9 Å². The van der Waals surface area contributed by atoms with E-state index >= 15 is 0 Å². The van der Waals surface area contributed by atoms with Crippen LogP contribution in [0.5, 0.6) is 0 Å². The van der Waals surface area contributed by atoms with Gasteiger partial charge in [-0.25, -0.2) is 9.67 Å². The number of anilines is 1. The maximum absolute atomic E-state index is 12.3. The Balaban J connectivity index is 1.28. The van der Waals surface area contributed by atoms with Crippen LogP contribution in [0.1, 0.15) is 30.7 Å². The lowest BCUT2D eigenvalue weighted by Gasteiger charge is -2.19. The molecule has 1 aliphatic carbocycles. The third kappa shape index (κ3) is 3.59. The highest BCUT2D eigenvalue weighted by atomic mass is 79.9. The van der Waals surface area contributed by atoms with E-state index in [9.17, 15) is 4.79 Å². The van der Waals surface area contributed by atoms with Crippen molar-refractivity contribution in [3.05, 3.63) is 40.1 Å². The van der Waals surface area contributed by atoms with E-state index < -0.39 is 0 Å². The van der Waals surface area contributed by atoms with Gasteiger partial charge in [0, 0.05) is 24.3 Å². The van der Waals surface area contributed by atoms with Gasteiger partial charge in [0.15, 0.2) is 5.65 Å². The minimum absolute atomic E-state index is 0.181. The molecule has 4 aromatic rings. The normalized spacial score (nSPS) is 22.4. The van der Waals surface area contributed by atoms with Crippen LogP contribution in [0.4, 0.5) is 5.95 Å². The van der Waals surface area contributed by atoms with E-state index in [1.54, 1.807) is 17.5 Å². The highest BCUT2D eigenvalue weighted by molar-refractivity contribution is 9.10. The van der Waals surface area contributed by atoms with Gasteiger partial charge in [0.1, 0.15) is 14.6 Å². The Labute approximate surface area is 202 Å². The SMILES string of the molecule is Cc1nnc(-c2ccc(-n3nc(Br)c4cnc(N[C@@H]5CC[C@@]6(CCNC6=O)C5)nc43)cc2)s1. The standard InChI is InChI=1S/C22H21BrN8OS/c1-12-28-29-19(33-12)13-2-4-15(5-3-13)31-18-16(17(23)30-31)11-25-21(27-18)26-14-6-7-22(10-14)8-9-24-20(22)32/h2-5,11,14H,6-10H2,1H3,(H,24,32)(H,25,26,27)/t14-,22-/m1/s1. The second-order valence-electron chi connectivity index (χ2n) is 8.68. The number of nitrogens with one attached hydrogen (secondary N) is 2. The van der Waals surface area contributed by atoms with Gasteiger partial charge in [0.25, 0.3) is 0 Å². The summed E-state index contributed by atoms with van der Waals surface area (Å²) in [6, 6.07) is 8.21. The maximum Gasteiger partial charge on any atom is 0.226 e. The number of fused-ring (bicyclic) bond motifs is 1. The first-order valence-corrected chi connectivity index (χ1v) is 12.5. The molecule has 1 spiro atoms. The molecule has 9 nitrogen and oxygen atoms in total. The molecular formula is C22H21BrN8OS. The molecular weight excluding hydrogens is 504 g/mol. The molecule has 3 aromatic heterocycles. The minimum atomic E-state index is -0.222. The Morgan fingerprint density at radius 2 is 2.09 bits per heavy atom. The number of aromatic nitrogens is 6. The van der Waals surface area contributed by atoms with Gasteiger partial charge >= 0.3 is 0 Å². The monoisotopic (exact) mass is 524 g/mol. The number of hydrogen-bond donors (Lipinski definition) is 2. The topological polar surface area (TPSA) is 111 Å². The Bertz CT molecular complexity index is 1370. The molecule has 2 atom stereocenters. The van der Waals surface area contributed by atoms with Crippen molar-refractivity contribution in [3.8, 4) is 16.3 Å². The van der Waals surface area contributed by atoms with Gasteiger partial charge in [-0.1, -0.05) is 11.3 Å². The zero-order chi connectivity index (χ0) is 22.6. The zero-order valence-corrected chi connectivity index (χ0v) is 20.3. The van der Waals surface area contributed by atoms with Gasteiger partial charge in [-0.2, -0.15) is 10.1 Å². The number of benzene rings is 1. The summed E-state index contributed by atoms with van der Waals surface area (Å²) in [7, 11) is 0. The largest absolute Gasteiger partial charge is 0.356 e. The lowest BCUT2D eigenvalue weighted by Crippen LogP contribution is -2.30. The van der Waals surface area contributed by atoms with Crippen molar-refractivity contribution in [3.63, 3.8) is 0 Å². The Morgan fingerprint density at radius 3 is 2.82 bits per heavy atom. The van der Waals surface area contributed by atoms with Gasteiger partial charge in [-0.15, -0.1) is 10.2 Å². The number of amides is 1. The fourth-order valence-corrected chi connectivity index (χ4v) is 5.99. The molecule has 4 heterocycles. The van der Waals surface area contributed by atoms with Crippen LogP contribution < -0.4 is 10.6 Å². The van der Waals surface area contributed by atoms with Crippen molar-refractivity contribution in [2.75, 3.05) is 11.9 Å². The number of halogens is 1. The molecule has 0 bridgehead atoms. The molecule has 1 aromatic carbocycles. The second kappa shape index (κ2) is 7.84. The summed E-state index contributed by atoms with van der Waals surface area (Å²) in [5.74, 6) is 0.745. The predicted octanol–water partition coefficient (Wildman–Crippen LogP) is 3.88. The van der Waals surface area contributed by atoms with Crippen LogP contribution in [0.15, 0.2) is 35.1 Å². The molecule has 168 valence electrons. The van der Waals surface area contributed by atoms with Crippen LogP contribution in [-0.4, -0.2) is 48.4 Å². The van der Waals surface area contributed by atoms with Crippen LogP contribution in [0, 0.1) is 12.3 Å². The van der Waals surface area contributed by atoms with Crippen molar-refractivity contribution < 1.29 is 4.79 Å². The minimum Gasteiger partial charge on any atom is -0.356 e. The molecule has 1 aliphatic heterocycles. The fraction of sp³-hybridized carbons (Fsp3) is 0.364. The van der Waals surface area contributed by atoms with Crippen molar-refractivity contribution >= 4 is 50.2 Å². The highest BCUT2D eigenvalue weighted by Crippen LogP contribution is 2.44. The number of rotatable bonds is 4. The van der Waals surface area contributed by atoms with Crippen LogP contribution in [0.3, 0.4) is 0 Å². The number of carbonyl (C=O) groups is 1. The van der Waals surface area contributed by atoms with Crippen molar-refractivity contribution in [1.82, 2.24) is 35.3 Å². The third-order valence-corrected chi connectivity index (χ3v) is 8.05. The summed E-state index contributed by atoms with van der Waals surface area (Å²) in [5.41, 5.74) is 2.40. The molecule has 2 N–H and O–H groups in total. The van der Waals surface area contributed by atoms with Crippen molar-refractivity contribution in [1.29, 1.82) is 0 Å². The molecule has 6 rings (SSSR count). The molecule has 1 saturated carbocycles. The van der Waals surface area contributed by atoms with Crippen LogP contribution in [-0.2, 0) is 4.79 Å². The average Bonchev–Trinajstić information content (AvgIpc) is 3.58. The molecule has 0 unspecified atom stereocenters. The second-order valence-corrected chi connectivity index (χ2v) is 10.6. The maximum atomic E-state index is 12.3. The Hall–Kier alpha value is -2.92. The van der Waals surface area contributed by atoms with Gasteiger partial charge in [0.2, 0.25) is 11.9 Å². The van der Waals surface area contributed by atoms with E-state index in [0.717, 1.165) is 58.9 Å². The first kappa shape index (κ1) is 20.7. The van der Waals surface area contributed by atoms with Crippen LogP contribution >= 0.6 is 27.3 Å². The lowest BCUT2D eigenvalue weighted by atomic mass is 9.84. The molecule has 0 radical (unpaired) electrons.